The number of hydrogen-bond donors (Lipinski definition) is 2. The lowest BCUT2D eigenvalue weighted by Crippen LogP contribution is -2.47. The maximum atomic E-state index is 12.3. The quantitative estimate of drug-likeness (QED) is 0.766. The molecule has 0 spiro atoms. The van der Waals surface area contributed by atoms with E-state index < -0.39 is 0 Å². The van der Waals surface area contributed by atoms with Gasteiger partial charge in [-0.2, -0.15) is 0 Å². The predicted octanol–water partition coefficient (Wildman–Crippen LogP) is 0.210. The average molecular weight is 269 g/mol. The highest BCUT2D eigenvalue weighted by atomic mass is 16.5. The van der Waals surface area contributed by atoms with E-state index >= 15 is 0 Å². The van der Waals surface area contributed by atoms with Gasteiger partial charge in [-0.3, -0.25) is 9.69 Å². The van der Waals surface area contributed by atoms with Gasteiger partial charge in [-0.25, -0.2) is 0 Å². The second-order valence-electron chi connectivity index (χ2n) is 5.96. The second-order valence-corrected chi connectivity index (χ2v) is 5.96. The lowest BCUT2D eigenvalue weighted by atomic mass is 9.97. The zero-order chi connectivity index (χ0) is 13.8. The first-order valence-corrected chi connectivity index (χ1v) is 7.39. The van der Waals surface area contributed by atoms with Crippen molar-refractivity contribution in [2.75, 3.05) is 33.3 Å². The molecule has 2 saturated heterocycles. The third-order valence-electron chi connectivity index (χ3n) is 4.37. The number of amides is 1. The molecule has 2 fully saturated rings. The van der Waals surface area contributed by atoms with Crippen LogP contribution in [0.25, 0.3) is 0 Å². The highest BCUT2D eigenvalue weighted by molar-refractivity contribution is 5.79. The summed E-state index contributed by atoms with van der Waals surface area (Å²) in [6.07, 6.45) is 2.02. The van der Waals surface area contributed by atoms with Gasteiger partial charge in [-0.05, 0) is 39.8 Å². The van der Waals surface area contributed by atoms with Crippen LogP contribution in [0.1, 0.15) is 26.7 Å². The third-order valence-corrected chi connectivity index (χ3v) is 4.37. The van der Waals surface area contributed by atoms with Crippen LogP contribution in [0.3, 0.4) is 0 Å². The fourth-order valence-corrected chi connectivity index (χ4v) is 2.99. The maximum Gasteiger partial charge on any atom is 0.223 e. The molecular formula is C14H27N3O2. The smallest absolute Gasteiger partial charge is 0.223 e. The van der Waals surface area contributed by atoms with Gasteiger partial charge in [0.15, 0.2) is 0 Å². The Morgan fingerprint density at radius 2 is 2.00 bits per heavy atom. The summed E-state index contributed by atoms with van der Waals surface area (Å²) < 4.78 is 5.52. The molecule has 19 heavy (non-hydrogen) atoms. The van der Waals surface area contributed by atoms with Crippen LogP contribution in [0.2, 0.25) is 0 Å². The first-order valence-electron chi connectivity index (χ1n) is 7.39. The molecule has 2 rings (SSSR count). The van der Waals surface area contributed by atoms with Crippen LogP contribution in [-0.2, 0) is 9.53 Å². The van der Waals surface area contributed by atoms with Gasteiger partial charge in [0.1, 0.15) is 0 Å². The molecule has 0 aromatic heterocycles. The number of piperidine rings is 1. The van der Waals surface area contributed by atoms with Crippen LogP contribution in [-0.4, -0.2) is 62.3 Å². The highest BCUT2D eigenvalue weighted by Crippen LogP contribution is 2.18. The number of hydrogen-bond acceptors (Lipinski definition) is 4. The van der Waals surface area contributed by atoms with Crippen molar-refractivity contribution in [3.05, 3.63) is 0 Å². The summed E-state index contributed by atoms with van der Waals surface area (Å²) in [5, 5.41) is 6.49. The van der Waals surface area contributed by atoms with Gasteiger partial charge in [0, 0.05) is 32.2 Å². The van der Waals surface area contributed by atoms with Gasteiger partial charge in [0.2, 0.25) is 5.91 Å². The Bertz CT molecular complexity index is 303. The first-order chi connectivity index (χ1) is 9.11. The predicted molar refractivity (Wildman–Crippen MR) is 75.0 cm³/mol. The Labute approximate surface area is 116 Å². The summed E-state index contributed by atoms with van der Waals surface area (Å²) in [7, 11) is 1.73. The molecule has 0 aromatic carbocycles. The molecule has 0 aliphatic carbocycles. The van der Waals surface area contributed by atoms with Crippen molar-refractivity contribution < 1.29 is 9.53 Å². The molecule has 2 atom stereocenters. The molecule has 0 bridgehead atoms. The number of carbonyl (C=O) groups excluding carboxylic acids is 1. The molecule has 2 aliphatic rings. The Morgan fingerprint density at radius 3 is 2.58 bits per heavy atom. The summed E-state index contributed by atoms with van der Waals surface area (Å²) in [5.41, 5.74) is 0. The molecule has 2 aliphatic heterocycles. The summed E-state index contributed by atoms with van der Waals surface area (Å²) in [6.45, 7) is 8.08. The number of nitrogens with one attached hydrogen (secondary N) is 2. The van der Waals surface area contributed by atoms with E-state index in [-0.39, 0.29) is 24.0 Å². The molecule has 5 nitrogen and oxygen atoms in total. The fraction of sp³-hybridized carbons (Fsp3) is 0.929. The Hall–Kier alpha value is -0.650. The van der Waals surface area contributed by atoms with Crippen molar-refractivity contribution in [3.8, 4) is 0 Å². The van der Waals surface area contributed by atoms with Crippen LogP contribution in [0.4, 0.5) is 0 Å². The van der Waals surface area contributed by atoms with Crippen LogP contribution in [0.15, 0.2) is 0 Å². The summed E-state index contributed by atoms with van der Waals surface area (Å²) in [6, 6.07) is 0.633. The fourth-order valence-electron chi connectivity index (χ4n) is 2.99. The minimum Gasteiger partial charge on any atom is -0.378 e. The molecule has 0 radical (unpaired) electrons. The lowest BCUT2D eigenvalue weighted by Gasteiger charge is -2.25. The Morgan fingerprint density at radius 1 is 1.32 bits per heavy atom. The second kappa shape index (κ2) is 6.68. The van der Waals surface area contributed by atoms with Gasteiger partial charge in [0.25, 0.3) is 0 Å². The molecule has 5 heteroatoms. The van der Waals surface area contributed by atoms with Gasteiger partial charge in [-0.15, -0.1) is 0 Å². The largest absolute Gasteiger partial charge is 0.378 e. The van der Waals surface area contributed by atoms with Crippen LogP contribution < -0.4 is 10.6 Å². The normalized spacial score (nSPS) is 29.9. The van der Waals surface area contributed by atoms with E-state index in [0.29, 0.717) is 6.04 Å². The number of likely N-dealkylation sites (tertiary alicyclic amines) is 1. The van der Waals surface area contributed by atoms with Gasteiger partial charge >= 0.3 is 0 Å². The summed E-state index contributed by atoms with van der Waals surface area (Å²) >= 11 is 0. The number of ether oxygens (including phenoxy) is 1. The zero-order valence-electron chi connectivity index (χ0n) is 12.3. The van der Waals surface area contributed by atoms with E-state index in [9.17, 15) is 4.79 Å². The summed E-state index contributed by atoms with van der Waals surface area (Å²) in [4.78, 5) is 14.6. The molecule has 1 amide bonds. The minimum atomic E-state index is 0.119. The van der Waals surface area contributed by atoms with Crippen molar-refractivity contribution in [3.63, 3.8) is 0 Å². The van der Waals surface area contributed by atoms with Crippen molar-refractivity contribution in [1.29, 1.82) is 0 Å². The lowest BCUT2D eigenvalue weighted by molar-refractivity contribution is -0.127. The SMILES string of the molecule is CO[C@H]1CN(C(C)C)C[C@@H]1NC(=O)C1CCNCC1. The molecular weight excluding hydrogens is 242 g/mol. The zero-order valence-corrected chi connectivity index (χ0v) is 12.3. The first kappa shape index (κ1) is 14.8. The average Bonchev–Trinajstić information content (AvgIpc) is 2.83. The van der Waals surface area contributed by atoms with Crippen LogP contribution in [0, 0.1) is 5.92 Å². The maximum absolute atomic E-state index is 12.3. The number of carbonyl (C=O) groups is 1. The van der Waals surface area contributed by atoms with E-state index in [1.165, 1.54) is 0 Å². The summed E-state index contributed by atoms with van der Waals surface area (Å²) in [5.74, 6) is 0.381. The number of methoxy groups -OCH3 is 1. The van der Waals surface area contributed by atoms with Gasteiger partial charge < -0.3 is 15.4 Å². The van der Waals surface area contributed by atoms with E-state index in [1.54, 1.807) is 7.11 Å². The molecule has 2 heterocycles. The van der Waals surface area contributed by atoms with E-state index in [2.05, 4.69) is 29.4 Å². The molecule has 110 valence electrons. The monoisotopic (exact) mass is 269 g/mol. The Balaban J connectivity index is 1.88. The van der Waals surface area contributed by atoms with E-state index in [1.807, 2.05) is 0 Å². The van der Waals surface area contributed by atoms with Crippen LogP contribution in [0.5, 0.6) is 0 Å². The van der Waals surface area contributed by atoms with Gasteiger partial charge in [0.05, 0.1) is 12.1 Å². The van der Waals surface area contributed by atoms with Crippen molar-refractivity contribution in [2.24, 2.45) is 5.92 Å². The third kappa shape index (κ3) is 3.68. The van der Waals surface area contributed by atoms with Crippen molar-refractivity contribution >= 4 is 5.91 Å². The van der Waals surface area contributed by atoms with E-state index in [4.69, 9.17) is 4.74 Å². The molecule has 2 N–H and O–H groups in total. The van der Waals surface area contributed by atoms with Crippen LogP contribution >= 0.6 is 0 Å². The standard InChI is InChI=1S/C14H27N3O2/c1-10(2)17-8-12(13(9-17)19-3)16-14(18)11-4-6-15-7-5-11/h10-13,15H,4-9H2,1-3H3,(H,16,18)/t12-,13-/m0/s1. The molecule has 0 saturated carbocycles. The van der Waals surface area contributed by atoms with Crippen molar-refractivity contribution in [1.82, 2.24) is 15.5 Å². The number of nitrogens with zero attached hydrogens (tertiary/aromatic N) is 1. The molecule has 0 unspecified atom stereocenters. The number of rotatable bonds is 4. The minimum absolute atomic E-state index is 0.119. The highest BCUT2D eigenvalue weighted by Gasteiger charge is 2.36. The Kier molecular flexibility index (Phi) is 5.19. The van der Waals surface area contributed by atoms with Crippen molar-refractivity contribution in [2.45, 2.75) is 44.9 Å². The van der Waals surface area contributed by atoms with E-state index in [0.717, 1.165) is 39.0 Å². The van der Waals surface area contributed by atoms with Gasteiger partial charge in [-0.1, -0.05) is 0 Å². The molecule has 0 aromatic rings. The topological polar surface area (TPSA) is 53.6 Å².